The lowest BCUT2D eigenvalue weighted by Gasteiger charge is -1.99. The fraction of sp³-hybridized carbons (Fsp3) is 0.833. The summed E-state index contributed by atoms with van der Waals surface area (Å²) < 4.78 is 5.51. The van der Waals surface area contributed by atoms with Crippen LogP contribution in [0.2, 0.25) is 0 Å². The number of allylic oxidation sites excluding steroid dienone is 2. The van der Waals surface area contributed by atoms with Gasteiger partial charge in [-0.2, -0.15) is 0 Å². The van der Waals surface area contributed by atoms with Gasteiger partial charge in [0.25, 0.3) is 0 Å². The molecule has 0 aromatic carbocycles. The van der Waals surface area contributed by atoms with E-state index in [-0.39, 0.29) is 0 Å². The van der Waals surface area contributed by atoms with Gasteiger partial charge in [0, 0.05) is 13.2 Å². The second-order valence-electron chi connectivity index (χ2n) is 4.28. The Morgan fingerprint density at radius 3 is 2.31 bits per heavy atom. The van der Waals surface area contributed by atoms with E-state index in [1.807, 2.05) is 0 Å². The average Bonchev–Trinajstić information content (AvgIpc) is 2.72. The molecular formula is C12H20O. The van der Waals surface area contributed by atoms with E-state index in [1.54, 1.807) is 0 Å². The minimum Gasteiger partial charge on any atom is -0.381 e. The molecule has 0 bridgehead atoms. The van der Waals surface area contributed by atoms with Crippen molar-refractivity contribution >= 4 is 0 Å². The SMILES string of the molecule is CCOC[C@H]1[C@@H]2CC/C=C/CC[C@@H]21. The smallest absolute Gasteiger partial charge is 0.0499 e. The molecule has 2 aliphatic carbocycles. The van der Waals surface area contributed by atoms with Gasteiger partial charge in [-0.1, -0.05) is 12.2 Å². The molecule has 2 rings (SSSR count). The van der Waals surface area contributed by atoms with E-state index in [4.69, 9.17) is 4.74 Å². The third kappa shape index (κ3) is 2.14. The summed E-state index contributed by atoms with van der Waals surface area (Å²) in [6, 6.07) is 0. The van der Waals surface area contributed by atoms with Crippen molar-refractivity contribution in [3.8, 4) is 0 Å². The monoisotopic (exact) mass is 180 g/mol. The van der Waals surface area contributed by atoms with Crippen LogP contribution in [-0.2, 0) is 4.74 Å². The molecule has 0 aliphatic heterocycles. The van der Waals surface area contributed by atoms with E-state index >= 15 is 0 Å². The summed E-state index contributed by atoms with van der Waals surface area (Å²) in [5.41, 5.74) is 0. The summed E-state index contributed by atoms with van der Waals surface area (Å²) in [6.45, 7) is 3.99. The molecule has 1 saturated carbocycles. The molecule has 0 heterocycles. The van der Waals surface area contributed by atoms with Crippen molar-refractivity contribution in [2.45, 2.75) is 32.6 Å². The van der Waals surface area contributed by atoms with Gasteiger partial charge >= 0.3 is 0 Å². The van der Waals surface area contributed by atoms with Crippen LogP contribution in [0.3, 0.4) is 0 Å². The lowest BCUT2D eigenvalue weighted by Crippen LogP contribution is -1.97. The predicted octanol–water partition coefficient (Wildman–Crippen LogP) is 3.02. The molecule has 1 heteroatoms. The summed E-state index contributed by atoms with van der Waals surface area (Å²) >= 11 is 0. The molecule has 74 valence electrons. The summed E-state index contributed by atoms with van der Waals surface area (Å²) in [5.74, 6) is 2.90. The van der Waals surface area contributed by atoms with Gasteiger partial charge in [-0.3, -0.25) is 0 Å². The number of hydrogen-bond acceptors (Lipinski definition) is 1. The van der Waals surface area contributed by atoms with Crippen LogP contribution >= 0.6 is 0 Å². The molecule has 2 aliphatic rings. The third-order valence-electron chi connectivity index (χ3n) is 3.52. The van der Waals surface area contributed by atoms with Gasteiger partial charge in [0.15, 0.2) is 0 Å². The Kier molecular flexibility index (Phi) is 3.05. The van der Waals surface area contributed by atoms with Gasteiger partial charge in [0.05, 0.1) is 0 Å². The molecule has 0 unspecified atom stereocenters. The van der Waals surface area contributed by atoms with Crippen LogP contribution in [0.1, 0.15) is 32.6 Å². The molecule has 0 aromatic rings. The van der Waals surface area contributed by atoms with Crippen molar-refractivity contribution in [2.24, 2.45) is 17.8 Å². The molecule has 0 spiro atoms. The van der Waals surface area contributed by atoms with Gasteiger partial charge < -0.3 is 4.74 Å². The first-order valence-corrected chi connectivity index (χ1v) is 5.66. The predicted molar refractivity (Wildman–Crippen MR) is 54.6 cm³/mol. The second-order valence-corrected chi connectivity index (χ2v) is 4.28. The Bertz CT molecular complexity index is 170. The highest BCUT2D eigenvalue weighted by Gasteiger charge is 2.48. The van der Waals surface area contributed by atoms with Gasteiger partial charge in [-0.15, -0.1) is 0 Å². The molecule has 0 saturated heterocycles. The number of fused-ring (bicyclic) bond motifs is 1. The maximum atomic E-state index is 5.51. The molecule has 1 fully saturated rings. The molecule has 0 aromatic heterocycles. The lowest BCUT2D eigenvalue weighted by molar-refractivity contribution is 0.130. The topological polar surface area (TPSA) is 9.23 Å². The highest BCUT2D eigenvalue weighted by Crippen LogP contribution is 2.52. The largest absolute Gasteiger partial charge is 0.381 e. The summed E-state index contributed by atoms with van der Waals surface area (Å²) in [4.78, 5) is 0. The van der Waals surface area contributed by atoms with E-state index in [0.29, 0.717) is 0 Å². The molecule has 0 N–H and O–H groups in total. The Morgan fingerprint density at radius 1 is 1.15 bits per heavy atom. The van der Waals surface area contributed by atoms with Gasteiger partial charge in [-0.25, -0.2) is 0 Å². The first-order valence-electron chi connectivity index (χ1n) is 5.66. The van der Waals surface area contributed by atoms with Crippen molar-refractivity contribution in [3.05, 3.63) is 12.2 Å². The lowest BCUT2D eigenvalue weighted by atomic mass is 10.1. The summed E-state index contributed by atoms with van der Waals surface area (Å²) in [6.07, 6.45) is 10.1. The van der Waals surface area contributed by atoms with Crippen LogP contribution in [0.25, 0.3) is 0 Å². The van der Waals surface area contributed by atoms with Crippen LogP contribution in [0.4, 0.5) is 0 Å². The van der Waals surface area contributed by atoms with Gasteiger partial charge in [0.2, 0.25) is 0 Å². The quantitative estimate of drug-likeness (QED) is 0.607. The number of rotatable bonds is 3. The zero-order valence-electron chi connectivity index (χ0n) is 8.54. The minimum absolute atomic E-state index is 0.883. The normalized spacial score (nSPS) is 40.2. The van der Waals surface area contributed by atoms with Crippen LogP contribution in [0.5, 0.6) is 0 Å². The van der Waals surface area contributed by atoms with Crippen LogP contribution < -0.4 is 0 Å². The van der Waals surface area contributed by atoms with Crippen molar-refractivity contribution in [2.75, 3.05) is 13.2 Å². The number of ether oxygens (including phenoxy) is 1. The maximum absolute atomic E-state index is 5.51. The molecule has 13 heavy (non-hydrogen) atoms. The Morgan fingerprint density at radius 2 is 1.77 bits per heavy atom. The third-order valence-corrected chi connectivity index (χ3v) is 3.52. The van der Waals surface area contributed by atoms with Gasteiger partial charge in [-0.05, 0) is 50.4 Å². The van der Waals surface area contributed by atoms with E-state index in [2.05, 4.69) is 19.1 Å². The van der Waals surface area contributed by atoms with E-state index in [9.17, 15) is 0 Å². The van der Waals surface area contributed by atoms with E-state index < -0.39 is 0 Å². The first kappa shape index (κ1) is 9.26. The van der Waals surface area contributed by atoms with Crippen LogP contribution in [0.15, 0.2) is 12.2 Å². The molecular weight excluding hydrogens is 160 g/mol. The average molecular weight is 180 g/mol. The van der Waals surface area contributed by atoms with Gasteiger partial charge in [0.1, 0.15) is 0 Å². The molecule has 1 nitrogen and oxygen atoms in total. The van der Waals surface area contributed by atoms with Crippen molar-refractivity contribution in [1.29, 1.82) is 0 Å². The van der Waals surface area contributed by atoms with Crippen LogP contribution in [0, 0.1) is 17.8 Å². The molecule has 0 radical (unpaired) electrons. The summed E-state index contributed by atoms with van der Waals surface area (Å²) in [7, 11) is 0. The molecule has 0 amide bonds. The Hall–Kier alpha value is -0.300. The number of hydrogen-bond donors (Lipinski definition) is 0. The maximum Gasteiger partial charge on any atom is 0.0499 e. The van der Waals surface area contributed by atoms with Crippen molar-refractivity contribution in [3.63, 3.8) is 0 Å². The first-order chi connectivity index (χ1) is 6.43. The Balaban J connectivity index is 1.78. The Labute approximate surface area is 81.2 Å². The minimum atomic E-state index is 0.883. The van der Waals surface area contributed by atoms with Crippen LogP contribution in [-0.4, -0.2) is 13.2 Å². The highest BCUT2D eigenvalue weighted by atomic mass is 16.5. The molecule has 3 atom stereocenters. The summed E-state index contributed by atoms with van der Waals surface area (Å²) in [5, 5.41) is 0. The van der Waals surface area contributed by atoms with Crippen molar-refractivity contribution in [1.82, 2.24) is 0 Å². The zero-order chi connectivity index (χ0) is 9.10. The van der Waals surface area contributed by atoms with E-state index in [0.717, 1.165) is 31.0 Å². The van der Waals surface area contributed by atoms with Crippen molar-refractivity contribution < 1.29 is 4.74 Å². The second kappa shape index (κ2) is 4.28. The highest BCUT2D eigenvalue weighted by molar-refractivity contribution is 5.01. The zero-order valence-corrected chi connectivity index (χ0v) is 8.54. The fourth-order valence-corrected chi connectivity index (χ4v) is 2.69. The standard InChI is InChI=1S/C12H20O/c1-2-13-9-12-10-7-5-3-4-6-8-11(10)12/h3-4,10-12H,2,5-9H2,1H3/b4-3+/t10-,11+,12+. The fourth-order valence-electron chi connectivity index (χ4n) is 2.69. The van der Waals surface area contributed by atoms with E-state index in [1.165, 1.54) is 25.7 Å².